The van der Waals surface area contributed by atoms with Crippen LogP contribution in [0, 0.1) is 0 Å². The van der Waals surface area contributed by atoms with Crippen molar-refractivity contribution < 1.29 is 19.0 Å². The molecular formula is C23H21N3O4. The van der Waals surface area contributed by atoms with Gasteiger partial charge in [-0.3, -0.25) is 9.78 Å². The van der Waals surface area contributed by atoms with Crippen molar-refractivity contribution in [3.63, 3.8) is 0 Å². The van der Waals surface area contributed by atoms with E-state index in [0.29, 0.717) is 23.7 Å². The zero-order valence-electron chi connectivity index (χ0n) is 16.6. The van der Waals surface area contributed by atoms with Gasteiger partial charge in [0.05, 0.1) is 30.6 Å². The highest BCUT2D eigenvalue weighted by atomic mass is 16.7. The van der Waals surface area contributed by atoms with Gasteiger partial charge < -0.3 is 19.5 Å². The molecule has 0 unspecified atom stereocenters. The van der Waals surface area contributed by atoms with Gasteiger partial charge in [-0.1, -0.05) is 24.3 Å². The summed E-state index contributed by atoms with van der Waals surface area (Å²) in [4.78, 5) is 21.8. The van der Waals surface area contributed by atoms with E-state index in [0.717, 1.165) is 35.4 Å². The topological polar surface area (TPSA) is 82.6 Å². The van der Waals surface area contributed by atoms with Crippen LogP contribution in [0.4, 0.5) is 5.82 Å². The first-order valence-electron chi connectivity index (χ1n) is 9.82. The van der Waals surface area contributed by atoms with E-state index in [1.807, 2.05) is 42.5 Å². The molecule has 1 N–H and O–H groups in total. The quantitative estimate of drug-likeness (QED) is 0.679. The molecule has 1 fully saturated rings. The van der Waals surface area contributed by atoms with Crippen LogP contribution in [-0.2, 0) is 16.6 Å². The largest absolute Gasteiger partial charge is 0.496 e. The number of carbonyl (C=O) groups is 1. The Morgan fingerprint density at radius 1 is 1.10 bits per heavy atom. The number of methoxy groups -OCH3 is 1. The van der Waals surface area contributed by atoms with Crippen LogP contribution < -0.4 is 19.5 Å². The summed E-state index contributed by atoms with van der Waals surface area (Å²) in [7, 11) is 1.65. The second-order valence-corrected chi connectivity index (χ2v) is 7.49. The lowest BCUT2D eigenvalue weighted by Crippen LogP contribution is -2.28. The zero-order chi connectivity index (χ0) is 20.6. The monoisotopic (exact) mass is 403 g/mol. The number of carbonyl (C=O) groups excluding carboxylic acids is 1. The number of ether oxygens (including phenoxy) is 3. The number of nitrogens with zero attached hydrogens (tertiary/aromatic N) is 2. The fraction of sp³-hybridized carbons (Fsp3) is 0.261. The van der Waals surface area contributed by atoms with E-state index in [1.54, 1.807) is 19.5 Å². The molecule has 0 saturated heterocycles. The number of benzene rings is 2. The number of para-hydroxylation sites is 1. The van der Waals surface area contributed by atoms with Crippen molar-refractivity contribution in [2.24, 2.45) is 0 Å². The fourth-order valence-electron chi connectivity index (χ4n) is 3.76. The maximum absolute atomic E-state index is 13.0. The van der Waals surface area contributed by atoms with Gasteiger partial charge in [0.1, 0.15) is 5.75 Å². The SMILES string of the molecule is COc1ccccc1Cc1cnc(NC(=O)C2(c3ccc4c(c3)OCO4)CC2)cn1. The Labute approximate surface area is 174 Å². The minimum absolute atomic E-state index is 0.0758. The Balaban J connectivity index is 1.28. The van der Waals surface area contributed by atoms with E-state index in [9.17, 15) is 4.79 Å². The lowest BCUT2D eigenvalue weighted by Gasteiger charge is -2.16. The number of rotatable bonds is 6. The van der Waals surface area contributed by atoms with Crippen molar-refractivity contribution in [2.45, 2.75) is 24.7 Å². The third-order valence-electron chi connectivity index (χ3n) is 5.62. The van der Waals surface area contributed by atoms with Crippen molar-refractivity contribution in [1.29, 1.82) is 0 Å². The third kappa shape index (κ3) is 3.32. The molecule has 0 bridgehead atoms. The van der Waals surface area contributed by atoms with Crippen LogP contribution >= 0.6 is 0 Å². The molecule has 2 aromatic carbocycles. The van der Waals surface area contributed by atoms with E-state index in [-0.39, 0.29) is 12.7 Å². The van der Waals surface area contributed by atoms with Crippen LogP contribution in [0.3, 0.4) is 0 Å². The molecule has 152 valence electrons. The summed E-state index contributed by atoms with van der Waals surface area (Å²) in [5.41, 5.74) is 2.23. The highest BCUT2D eigenvalue weighted by Gasteiger charge is 2.51. The minimum Gasteiger partial charge on any atom is -0.496 e. The number of aromatic nitrogens is 2. The smallest absolute Gasteiger partial charge is 0.236 e. The number of hydrogen-bond acceptors (Lipinski definition) is 6. The maximum Gasteiger partial charge on any atom is 0.236 e. The minimum atomic E-state index is -0.543. The van der Waals surface area contributed by atoms with Gasteiger partial charge in [-0.25, -0.2) is 4.98 Å². The molecule has 30 heavy (non-hydrogen) atoms. The number of hydrogen-bond donors (Lipinski definition) is 1. The Morgan fingerprint density at radius 2 is 1.93 bits per heavy atom. The lowest BCUT2D eigenvalue weighted by atomic mass is 9.94. The summed E-state index contributed by atoms with van der Waals surface area (Å²) in [6.45, 7) is 0.217. The number of fused-ring (bicyclic) bond motifs is 1. The molecule has 2 aliphatic rings. The summed E-state index contributed by atoms with van der Waals surface area (Å²) in [5, 5.41) is 2.92. The number of amides is 1. The molecule has 0 spiro atoms. The molecular weight excluding hydrogens is 382 g/mol. The first kappa shape index (κ1) is 18.4. The molecule has 0 atom stereocenters. The predicted octanol–water partition coefficient (Wildman–Crippen LogP) is 3.48. The van der Waals surface area contributed by atoms with Crippen LogP contribution in [0.5, 0.6) is 17.2 Å². The highest BCUT2D eigenvalue weighted by molar-refractivity contribution is 6.00. The van der Waals surface area contributed by atoms with Gasteiger partial charge >= 0.3 is 0 Å². The van der Waals surface area contributed by atoms with Crippen molar-refractivity contribution in [3.8, 4) is 17.2 Å². The molecule has 3 aromatic rings. The zero-order valence-corrected chi connectivity index (χ0v) is 16.6. The first-order valence-corrected chi connectivity index (χ1v) is 9.82. The molecule has 1 amide bonds. The highest BCUT2D eigenvalue weighted by Crippen LogP contribution is 2.51. The number of nitrogens with one attached hydrogen (secondary N) is 1. The fourth-order valence-corrected chi connectivity index (χ4v) is 3.76. The normalized spacial score (nSPS) is 15.5. The van der Waals surface area contributed by atoms with Gasteiger partial charge in [-0.15, -0.1) is 0 Å². The molecule has 1 saturated carbocycles. The van der Waals surface area contributed by atoms with Crippen LogP contribution in [0.2, 0.25) is 0 Å². The molecule has 2 heterocycles. The Hall–Kier alpha value is -3.61. The van der Waals surface area contributed by atoms with Crippen LogP contribution in [0.15, 0.2) is 54.9 Å². The molecule has 0 radical (unpaired) electrons. The summed E-state index contributed by atoms with van der Waals surface area (Å²) < 4.78 is 16.2. The average Bonchev–Trinajstić information content (AvgIpc) is 3.46. The molecule has 1 aliphatic heterocycles. The Morgan fingerprint density at radius 3 is 2.70 bits per heavy atom. The van der Waals surface area contributed by atoms with Crippen molar-refractivity contribution in [2.75, 3.05) is 19.2 Å². The van der Waals surface area contributed by atoms with E-state index < -0.39 is 5.41 Å². The van der Waals surface area contributed by atoms with E-state index >= 15 is 0 Å². The molecule has 1 aliphatic carbocycles. The molecule has 1 aromatic heterocycles. The molecule has 7 nitrogen and oxygen atoms in total. The van der Waals surface area contributed by atoms with E-state index in [2.05, 4.69) is 15.3 Å². The van der Waals surface area contributed by atoms with Gasteiger partial charge in [0.25, 0.3) is 0 Å². The standard InChI is InChI=1S/C23H21N3O4/c1-28-18-5-3-2-4-15(18)10-17-12-25-21(13-24-17)26-22(27)23(8-9-23)16-6-7-19-20(11-16)30-14-29-19/h2-7,11-13H,8-10,14H2,1H3,(H,25,26,27). The van der Waals surface area contributed by atoms with Crippen molar-refractivity contribution in [3.05, 3.63) is 71.7 Å². The molecule has 7 heteroatoms. The van der Waals surface area contributed by atoms with Crippen molar-refractivity contribution >= 4 is 11.7 Å². The van der Waals surface area contributed by atoms with E-state index in [4.69, 9.17) is 14.2 Å². The summed E-state index contributed by atoms with van der Waals surface area (Å²) in [5.74, 6) is 2.58. The summed E-state index contributed by atoms with van der Waals surface area (Å²) in [6.07, 6.45) is 5.46. The second-order valence-electron chi connectivity index (χ2n) is 7.49. The van der Waals surface area contributed by atoms with Gasteiger partial charge in [-0.05, 0) is 36.6 Å². The number of anilines is 1. The second kappa shape index (κ2) is 7.33. The average molecular weight is 403 g/mol. The van der Waals surface area contributed by atoms with Gasteiger partial charge in [0.15, 0.2) is 17.3 Å². The summed E-state index contributed by atoms with van der Waals surface area (Å²) >= 11 is 0. The van der Waals surface area contributed by atoms with E-state index in [1.165, 1.54) is 0 Å². The lowest BCUT2D eigenvalue weighted by molar-refractivity contribution is -0.118. The maximum atomic E-state index is 13.0. The van der Waals surface area contributed by atoms with Gasteiger partial charge in [-0.2, -0.15) is 0 Å². The van der Waals surface area contributed by atoms with Crippen LogP contribution in [-0.4, -0.2) is 29.8 Å². The predicted molar refractivity (Wildman–Crippen MR) is 110 cm³/mol. The summed E-state index contributed by atoms with van der Waals surface area (Å²) in [6, 6.07) is 13.5. The molecule has 5 rings (SSSR count). The first-order chi connectivity index (χ1) is 14.7. The van der Waals surface area contributed by atoms with Crippen molar-refractivity contribution in [1.82, 2.24) is 9.97 Å². The van der Waals surface area contributed by atoms with Crippen LogP contribution in [0.1, 0.15) is 29.7 Å². The Kier molecular flexibility index (Phi) is 4.50. The van der Waals surface area contributed by atoms with Crippen LogP contribution in [0.25, 0.3) is 0 Å². The Bertz CT molecular complexity index is 1090. The third-order valence-corrected chi connectivity index (χ3v) is 5.62. The van der Waals surface area contributed by atoms with Gasteiger partial charge in [0, 0.05) is 12.0 Å². The van der Waals surface area contributed by atoms with Gasteiger partial charge in [0.2, 0.25) is 12.7 Å².